The van der Waals surface area contributed by atoms with Crippen molar-refractivity contribution in [2.45, 2.75) is 31.4 Å². The van der Waals surface area contributed by atoms with Gasteiger partial charge in [0.25, 0.3) is 0 Å². The number of aromatic nitrogens is 2. The molecular formula is C15H18IN3S. The highest BCUT2D eigenvalue weighted by Gasteiger charge is 2.09. The molecule has 0 amide bonds. The van der Waals surface area contributed by atoms with Crippen molar-refractivity contribution in [3.8, 4) is 0 Å². The second-order valence-corrected chi connectivity index (χ2v) is 6.65. The van der Waals surface area contributed by atoms with Crippen LogP contribution in [0.1, 0.15) is 24.0 Å². The number of hydrogen-bond donors (Lipinski definition) is 1. The fourth-order valence-electron chi connectivity index (χ4n) is 1.75. The van der Waals surface area contributed by atoms with Crippen LogP contribution in [0.5, 0.6) is 0 Å². The van der Waals surface area contributed by atoms with Gasteiger partial charge < -0.3 is 5.32 Å². The number of halogens is 1. The van der Waals surface area contributed by atoms with Gasteiger partial charge in [-0.1, -0.05) is 17.7 Å². The predicted molar refractivity (Wildman–Crippen MR) is 94.4 cm³/mol. The fourth-order valence-corrected chi connectivity index (χ4v) is 2.93. The van der Waals surface area contributed by atoms with E-state index in [-0.39, 0.29) is 0 Å². The molecule has 0 bridgehead atoms. The molecule has 1 aromatic carbocycles. The summed E-state index contributed by atoms with van der Waals surface area (Å²) in [5.41, 5.74) is 2.32. The maximum atomic E-state index is 4.60. The predicted octanol–water partition coefficient (Wildman–Crippen LogP) is 4.42. The van der Waals surface area contributed by atoms with Crippen LogP contribution in [-0.2, 0) is 5.75 Å². The first-order chi connectivity index (χ1) is 9.60. The minimum absolute atomic E-state index is 0.791. The molecule has 0 radical (unpaired) electrons. The summed E-state index contributed by atoms with van der Waals surface area (Å²) < 4.78 is 1.11. The quantitative estimate of drug-likeness (QED) is 0.597. The van der Waals surface area contributed by atoms with E-state index in [4.69, 9.17) is 0 Å². The van der Waals surface area contributed by atoms with Gasteiger partial charge in [-0.3, -0.25) is 0 Å². The molecule has 0 saturated heterocycles. The first kappa shape index (κ1) is 15.6. The van der Waals surface area contributed by atoms with Crippen LogP contribution in [0.2, 0.25) is 0 Å². The third-order valence-corrected chi connectivity index (χ3v) is 5.10. The molecule has 0 aliphatic carbocycles. The maximum Gasteiger partial charge on any atom is 0.143 e. The van der Waals surface area contributed by atoms with E-state index in [9.17, 15) is 0 Å². The van der Waals surface area contributed by atoms with Gasteiger partial charge in [0, 0.05) is 11.4 Å². The average molecular weight is 399 g/mol. The standard InChI is InChI=1S/C15H18IN3S/c1-4-17-15-14(16)11(3)18-13(19-15)9-20-12-7-5-10(2)6-8-12/h5-8H,4,9H2,1-3H3,(H,17,18,19). The van der Waals surface area contributed by atoms with Crippen LogP contribution in [0.3, 0.4) is 0 Å². The van der Waals surface area contributed by atoms with E-state index in [1.54, 1.807) is 11.8 Å². The number of benzene rings is 1. The van der Waals surface area contributed by atoms with Crippen molar-refractivity contribution in [3.63, 3.8) is 0 Å². The van der Waals surface area contributed by atoms with E-state index >= 15 is 0 Å². The number of thioether (sulfide) groups is 1. The summed E-state index contributed by atoms with van der Waals surface area (Å²) in [5.74, 6) is 2.61. The van der Waals surface area contributed by atoms with Crippen LogP contribution in [0.4, 0.5) is 5.82 Å². The number of aryl methyl sites for hydroxylation is 2. The number of nitrogens with zero attached hydrogens (tertiary/aromatic N) is 2. The fraction of sp³-hybridized carbons (Fsp3) is 0.333. The largest absolute Gasteiger partial charge is 0.369 e. The van der Waals surface area contributed by atoms with Gasteiger partial charge >= 0.3 is 0 Å². The molecule has 0 saturated carbocycles. The Morgan fingerprint density at radius 3 is 2.50 bits per heavy atom. The molecule has 1 heterocycles. The zero-order valence-corrected chi connectivity index (χ0v) is 14.9. The Morgan fingerprint density at radius 2 is 1.85 bits per heavy atom. The van der Waals surface area contributed by atoms with Gasteiger partial charge in [0.15, 0.2) is 0 Å². The Labute approximate surface area is 138 Å². The summed E-state index contributed by atoms with van der Waals surface area (Å²) in [7, 11) is 0. The lowest BCUT2D eigenvalue weighted by Crippen LogP contribution is -2.07. The van der Waals surface area contributed by atoms with Crippen molar-refractivity contribution in [3.05, 3.63) is 44.9 Å². The SMILES string of the molecule is CCNc1nc(CSc2ccc(C)cc2)nc(C)c1I. The normalized spacial score (nSPS) is 10.6. The van der Waals surface area contributed by atoms with Crippen LogP contribution in [-0.4, -0.2) is 16.5 Å². The summed E-state index contributed by atoms with van der Waals surface area (Å²) in [5, 5.41) is 3.29. The maximum absolute atomic E-state index is 4.60. The minimum Gasteiger partial charge on any atom is -0.369 e. The molecule has 1 aromatic heterocycles. The van der Waals surface area contributed by atoms with E-state index < -0.39 is 0 Å². The van der Waals surface area contributed by atoms with Crippen molar-refractivity contribution in [2.24, 2.45) is 0 Å². The molecule has 0 aliphatic rings. The molecule has 0 fully saturated rings. The van der Waals surface area contributed by atoms with Crippen molar-refractivity contribution in [1.82, 2.24) is 9.97 Å². The summed E-state index contributed by atoms with van der Waals surface area (Å²) in [4.78, 5) is 10.4. The highest BCUT2D eigenvalue weighted by atomic mass is 127. The highest BCUT2D eigenvalue weighted by Crippen LogP contribution is 2.24. The molecule has 20 heavy (non-hydrogen) atoms. The van der Waals surface area contributed by atoms with Gasteiger partial charge in [0.1, 0.15) is 11.6 Å². The first-order valence-corrected chi connectivity index (χ1v) is 8.63. The van der Waals surface area contributed by atoms with Gasteiger partial charge in [0.2, 0.25) is 0 Å². The summed E-state index contributed by atoms with van der Waals surface area (Å²) >= 11 is 4.06. The van der Waals surface area contributed by atoms with E-state index in [0.717, 1.165) is 33.2 Å². The van der Waals surface area contributed by atoms with Gasteiger partial charge in [-0.25, -0.2) is 9.97 Å². The minimum atomic E-state index is 0.791. The zero-order valence-electron chi connectivity index (χ0n) is 11.9. The molecule has 2 rings (SSSR count). The van der Waals surface area contributed by atoms with Gasteiger partial charge in [-0.05, 0) is 55.5 Å². The summed E-state index contributed by atoms with van der Waals surface area (Å²) in [6, 6.07) is 8.55. The van der Waals surface area contributed by atoms with Gasteiger partial charge in [0.05, 0.1) is 15.0 Å². The second-order valence-electron chi connectivity index (χ2n) is 4.52. The van der Waals surface area contributed by atoms with Crippen LogP contribution < -0.4 is 5.32 Å². The Hall–Kier alpha value is -0.820. The van der Waals surface area contributed by atoms with E-state index in [0.29, 0.717) is 0 Å². The van der Waals surface area contributed by atoms with Gasteiger partial charge in [-0.2, -0.15) is 0 Å². The van der Waals surface area contributed by atoms with Crippen molar-refractivity contribution in [1.29, 1.82) is 0 Å². The Balaban J connectivity index is 2.11. The average Bonchev–Trinajstić information content (AvgIpc) is 2.44. The van der Waals surface area contributed by atoms with Crippen LogP contribution in [0.25, 0.3) is 0 Å². The summed E-state index contributed by atoms with van der Waals surface area (Å²) in [6.07, 6.45) is 0. The van der Waals surface area contributed by atoms with E-state index in [1.807, 2.05) is 6.92 Å². The Bertz CT molecular complexity index is 584. The lowest BCUT2D eigenvalue weighted by Gasteiger charge is -2.10. The number of hydrogen-bond acceptors (Lipinski definition) is 4. The zero-order chi connectivity index (χ0) is 14.5. The van der Waals surface area contributed by atoms with Crippen LogP contribution in [0.15, 0.2) is 29.2 Å². The third kappa shape index (κ3) is 4.09. The number of rotatable bonds is 5. The summed E-state index contributed by atoms with van der Waals surface area (Å²) in [6.45, 7) is 7.08. The molecule has 0 spiro atoms. The molecular weight excluding hydrogens is 381 g/mol. The number of nitrogens with one attached hydrogen (secondary N) is 1. The first-order valence-electron chi connectivity index (χ1n) is 6.56. The topological polar surface area (TPSA) is 37.8 Å². The molecule has 0 unspecified atom stereocenters. The third-order valence-electron chi connectivity index (χ3n) is 2.80. The Morgan fingerprint density at radius 1 is 1.15 bits per heavy atom. The monoisotopic (exact) mass is 399 g/mol. The molecule has 2 aromatic rings. The number of anilines is 1. The van der Waals surface area contributed by atoms with Crippen LogP contribution in [0, 0.1) is 17.4 Å². The van der Waals surface area contributed by atoms with Gasteiger partial charge in [-0.15, -0.1) is 11.8 Å². The van der Waals surface area contributed by atoms with E-state index in [1.165, 1.54) is 10.5 Å². The molecule has 106 valence electrons. The van der Waals surface area contributed by atoms with Crippen molar-refractivity contribution < 1.29 is 0 Å². The van der Waals surface area contributed by atoms with E-state index in [2.05, 4.69) is 76.0 Å². The Kier molecular flexibility index (Phi) is 5.65. The smallest absolute Gasteiger partial charge is 0.143 e. The molecule has 5 heteroatoms. The molecule has 3 nitrogen and oxygen atoms in total. The lowest BCUT2D eigenvalue weighted by atomic mass is 10.2. The lowest BCUT2D eigenvalue weighted by molar-refractivity contribution is 0.974. The molecule has 0 aliphatic heterocycles. The molecule has 1 N–H and O–H groups in total. The second kappa shape index (κ2) is 7.26. The van der Waals surface area contributed by atoms with Crippen molar-refractivity contribution in [2.75, 3.05) is 11.9 Å². The highest BCUT2D eigenvalue weighted by molar-refractivity contribution is 14.1. The van der Waals surface area contributed by atoms with Crippen molar-refractivity contribution >= 4 is 40.2 Å². The molecule has 0 atom stereocenters. The van der Waals surface area contributed by atoms with Crippen LogP contribution >= 0.6 is 34.4 Å².